The summed E-state index contributed by atoms with van der Waals surface area (Å²) in [5.41, 5.74) is 0.595. The minimum Gasteiger partial charge on any atom is -0.497 e. The molecule has 2 amide bonds. The van der Waals surface area contributed by atoms with Gasteiger partial charge in [-0.25, -0.2) is 0 Å². The van der Waals surface area contributed by atoms with Crippen LogP contribution in [0.4, 0.5) is 5.69 Å². The van der Waals surface area contributed by atoms with Gasteiger partial charge in [0, 0.05) is 24.4 Å². The van der Waals surface area contributed by atoms with E-state index in [-0.39, 0.29) is 23.7 Å². The zero-order valence-electron chi connectivity index (χ0n) is 14.8. The molecule has 0 bridgehead atoms. The lowest BCUT2D eigenvalue weighted by Gasteiger charge is -2.27. The van der Waals surface area contributed by atoms with Crippen LogP contribution in [0.3, 0.4) is 0 Å². The number of amides is 2. The quantitative estimate of drug-likeness (QED) is 0.744. The molecule has 6 nitrogen and oxygen atoms in total. The number of anilines is 1. The monoisotopic (exact) mass is 346 g/mol. The Kier molecular flexibility index (Phi) is 6.86. The number of hydrogen-bond donors (Lipinski definition) is 2. The standard InChI is InChI=1S/C19H26N2O4/c1-4-11-20-18(22)13-5-7-14(8-6-13)19(23)21-16-12-15(24-2)9-10-17(16)25-3/h4,9-10,12-14H,1,5-8,11H2,2-3H3,(H,20,22)(H,21,23). The largest absolute Gasteiger partial charge is 0.497 e. The average molecular weight is 346 g/mol. The first-order valence-corrected chi connectivity index (χ1v) is 8.50. The highest BCUT2D eigenvalue weighted by molar-refractivity contribution is 5.94. The molecule has 0 aliphatic heterocycles. The average Bonchev–Trinajstić information content (AvgIpc) is 2.66. The molecule has 0 heterocycles. The Hall–Kier alpha value is -2.50. The van der Waals surface area contributed by atoms with E-state index in [0.717, 1.165) is 12.8 Å². The van der Waals surface area contributed by atoms with Crippen LogP contribution in [0, 0.1) is 11.8 Å². The zero-order valence-corrected chi connectivity index (χ0v) is 14.8. The number of hydrogen-bond acceptors (Lipinski definition) is 4. The molecule has 1 aliphatic carbocycles. The van der Waals surface area contributed by atoms with Crippen LogP contribution in [0.1, 0.15) is 25.7 Å². The zero-order chi connectivity index (χ0) is 18.2. The van der Waals surface area contributed by atoms with Gasteiger partial charge in [-0.1, -0.05) is 6.08 Å². The van der Waals surface area contributed by atoms with Gasteiger partial charge in [-0.3, -0.25) is 9.59 Å². The van der Waals surface area contributed by atoms with Crippen molar-refractivity contribution in [1.29, 1.82) is 0 Å². The second kappa shape index (κ2) is 9.11. The van der Waals surface area contributed by atoms with Crippen molar-refractivity contribution in [2.75, 3.05) is 26.1 Å². The number of rotatable bonds is 7. The van der Waals surface area contributed by atoms with Crippen LogP contribution in [-0.2, 0) is 9.59 Å². The Morgan fingerprint density at radius 2 is 1.76 bits per heavy atom. The van der Waals surface area contributed by atoms with Gasteiger partial charge in [0.1, 0.15) is 11.5 Å². The van der Waals surface area contributed by atoms with E-state index in [9.17, 15) is 9.59 Å². The predicted molar refractivity (Wildman–Crippen MR) is 96.8 cm³/mol. The summed E-state index contributed by atoms with van der Waals surface area (Å²) in [6.45, 7) is 4.07. The Balaban J connectivity index is 1.93. The number of carbonyl (C=O) groups is 2. The molecule has 2 rings (SSSR count). The summed E-state index contributed by atoms with van der Waals surface area (Å²) in [7, 11) is 3.14. The highest BCUT2D eigenvalue weighted by atomic mass is 16.5. The third-order valence-corrected chi connectivity index (χ3v) is 4.55. The minimum atomic E-state index is -0.0978. The second-order valence-corrected chi connectivity index (χ2v) is 6.14. The lowest BCUT2D eigenvalue weighted by Crippen LogP contribution is -2.35. The van der Waals surface area contributed by atoms with Crippen LogP contribution in [0.2, 0.25) is 0 Å². The van der Waals surface area contributed by atoms with E-state index >= 15 is 0 Å². The number of benzene rings is 1. The van der Waals surface area contributed by atoms with Gasteiger partial charge in [0.05, 0.1) is 19.9 Å². The molecule has 0 atom stereocenters. The van der Waals surface area contributed by atoms with Crippen molar-refractivity contribution < 1.29 is 19.1 Å². The van der Waals surface area contributed by atoms with E-state index in [1.54, 1.807) is 38.5 Å². The van der Waals surface area contributed by atoms with E-state index < -0.39 is 0 Å². The van der Waals surface area contributed by atoms with Crippen LogP contribution in [0.5, 0.6) is 11.5 Å². The summed E-state index contributed by atoms with van der Waals surface area (Å²) < 4.78 is 10.5. The highest BCUT2D eigenvalue weighted by Crippen LogP contribution is 2.33. The van der Waals surface area contributed by atoms with Gasteiger partial charge >= 0.3 is 0 Å². The summed E-state index contributed by atoms with van der Waals surface area (Å²) in [6.07, 6.45) is 4.50. The van der Waals surface area contributed by atoms with Crippen LogP contribution in [-0.4, -0.2) is 32.6 Å². The lowest BCUT2D eigenvalue weighted by atomic mass is 9.81. The smallest absolute Gasteiger partial charge is 0.227 e. The van der Waals surface area contributed by atoms with Crippen LogP contribution in [0.15, 0.2) is 30.9 Å². The van der Waals surface area contributed by atoms with Gasteiger partial charge in [0.25, 0.3) is 0 Å². The SMILES string of the molecule is C=CCNC(=O)C1CCC(C(=O)Nc2cc(OC)ccc2OC)CC1. The first-order chi connectivity index (χ1) is 12.1. The van der Waals surface area contributed by atoms with Gasteiger partial charge < -0.3 is 20.1 Å². The topological polar surface area (TPSA) is 76.7 Å². The first-order valence-electron chi connectivity index (χ1n) is 8.50. The molecule has 1 aromatic carbocycles. The van der Waals surface area contributed by atoms with Crippen molar-refractivity contribution in [2.24, 2.45) is 11.8 Å². The molecule has 136 valence electrons. The fraction of sp³-hybridized carbons (Fsp3) is 0.474. The van der Waals surface area contributed by atoms with Gasteiger partial charge in [-0.05, 0) is 37.8 Å². The van der Waals surface area contributed by atoms with Crippen LogP contribution >= 0.6 is 0 Å². The number of methoxy groups -OCH3 is 2. The summed E-state index contributed by atoms with van der Waals surface area (Å²) in [4.78, 5) is 24.6. The third-order valence-electron chi connectivity index (χ3n) is 4.55. The van der Waals surface area contributed by atoms with Crippen molar-refractivity contribution in [1.82, 2.24) is 5.32 Å². The van der Waals surface area contributed by atoms with Crippen molar-refractivity contribution in [3.05, 3.63) is 30.9 Å². The first kappa shape index (κ1) is 18.8. The van der Waals surface area contributed by atoms with Gasteiger partial charge in [-0.2, -0.15) is 0 Å². The maximum atomic E-state index is 12.6. The molecule has 1 aromatic rings. The maximum Gasteiger partial charge on any atom is 0.227 e. The molecule has 6 heteroatoms. The van der Waals surface area contributed by atoms with E-state index in [4.69, 9.17) is 9.47 Å². The fourth-order valence-corrected chi connectivity index (χ4v) is 3.08. The predicted octanol–water partition coefficient (Wildman–Crippen LogP) is 2.75. The van der Waals surface area contributed by atoms with E-state index in [2.05, 4.69) is 17.2 Å². The number of carbonyl (C=O) groups excluding carboxylic acids is 2. The van der Waals surface area contributed by atoms with Gasteiger partial charge in [0.15, 0.2) is 0 Å². The van der Waals surface area contributed by atoms with Crippen molar-refractivity contribution in [2.45, 2.75) is 25.7 Å². The van der Waals surface area contributed by atoms with Crippen LogP contribution in [0.25, 0.3) is 0 Å². The van der Waals surface area contributed by atoms with E-state index in [1.807, 2.05) is 0 Å². The number of nitrogens with one attached hydrogen (secondary N) is 2. The maximum absolute atomic E-state index is 12.6. The summed E-state index contributed by atoms with van der Waals surface area (Å²) in [6, 6.07) is 5.28. The lowest BCUT2D eigenvalue weighted by molar-refractivity contribution is -0.128. The molecule has 1 fully saturated rings. The van der Waals surface area contributed by atoms with Crippen molar-refractivity contribution in [3.63, 3.8) is 0 Å². The minimum absolute atomic E-state index is 0.0182. The van der Waals surface area contributed by atoms with E-state index in [1.165, 1.54) is 0 Å². The molecule has 0 unspecified atom stereocenters. The van der Waals surface area contributed by atoms with Gasteiger partial charge in [0.2, 0.25) is 11.8 Å². The molecule has 1 aliphatic rings. The van der Waals surface area contributed by atoms with Crippen molar-refractivity contribution >= 4 is 17.5 Å². The molecule has 0 spiro atoms. The molecule has 0 radical (unpaired) electrons. The Morgan fingerprint density at radius 3 is 2.32 bits per heavy atom. The Morgan fingerprint density at radius 1 is 1.12 bits per heavy atom. The Labute approximate surface area is 148 Å². The summed E-state index contributed by atoms with van der Waals surface area (Å²) >= 11 is 0. The summed E-state index contributed by atoms with van der Waals surface area (Å²) in [5.74, 6) is 1.13. The van der Waals surface area contributed by atoms with Gasteiger partial charge in [-0.15, -0.1) is 6.58 Å². The normalized spacial score (nSPS) is 19.6. The Bertz CT molecular complexity index is 622. The highest BCUT2D eigenvalue weighted by Gasteiger charge is 2.30. The fourth-order valence-electron chi connectivity index (χ4n) is 3.08. The molecular weight excluding hydrogens is 320 g/mol. The molecule has 2 N–H and O–H groups in total. The van der Waals surface area contributed by atoms with Crippen LogP contribution < -0.4 is 20.1 Å². The summed E-state index contributed by atoms with van der Waals surface area (Å²) in [5, 5.41) is 5.75. The number of ether oxygens (including phenoxy) is 2. The molecular formula is C19H26N2O4. The molecule has 0 aromatic heterocycles. The molecule has 25 heavy (non-hydrogen) atoms. The second-order valence-electron chi connectivity index (χ2n) is 6.14. The molecule has 0 saturated heterocycles. The molecule has 1 saturated carbocycles. The van der Waals surface area contributed by atoms with E-state index in [0.29, 0.717) is 36.6 Å². The van der Waals surface area contributed by atoms with Crippen molar-refractivity contribution in [3.8, 4) is 11.5 Å². The third kappa shape index (κ3) is 4.98.